The van der Waals surface area contributed by atoms with Gasteiger partial charge in [-0.2, -0.15) is 0 Å². The number of hydrogen-bond acceptors (Lipinski definition) is 4. The Morgan fingerprint density at radius 1 is 1.40 bits per heavy atom. The molecule has 2 aliphatic heterocycles. The second kappa shape index (κ2) is 5.98. The monoisotopic (exact) mass is 362 g/mol. The summed E-state index contributed by atoms with van der Waals surface area (Å²) in [5, 5.41) is 2.87. The average molecular weight is 362 g/mol. The number of esters is 1. The first-order valence-corrected chi connectivity index (χ1v) is 9.33. The van der Waals surface area contributed by atoms with E-state index in [0.717, 1.165) is 11.3 Å². The maximum atomic E-state index is 13.2. The lowest BCUT2D eigenvalue weighted by Crippen LogP contribution is -2.62. The van der Waals surface area contributed by atoms with Crippen molar-refractivity contribution >= 4 is 28.5 Å². The maximum absolute atomic E-state index is 13.2. The number of ether oxygens (including phenoxy) is 1. The Labute approximate surface area is 149 Å². The predicted octanol–water partition coefficient (Wildman–Crippen LogP) is 2.45. The van der Waals surface area contributed by atoms with Crippen molar-refractivity contribution in [3.63, 3.8) is 0 Å². The molecule has 2 atom stereocenters. The fourth-order valence-electron chi connectivity index (χ4n) is 3.19. The molecule has 0 aliphatic carbocycles. The predicted molar refractivity (Wildman–Crippen MR) is 95.8 cm³/mol. The minimum Gasteiger partial charge on any atom is -0.463 e. The number of nitrogens with one attached hydrogen (secondary N) is 1. The summed E-state index contributed by atoms with van der Waals surface area (Å²) in [6.07, 6.45) is 1.66. The van der Waals surface area contributed by atoms with E-state index in [2.05, 4.69) is 5.32 Å². The molecule has 1 amide bonds. The van der Waals surface area contributed by atoms with Crippen molar-refractivity contribution in [2.24, 2.45) is 0 Å². The van der Waals surface area contributed by atoms with Gasteiger partial charge in [-0.15, -0.1) is 0 Å². The van der Waals surface area contributed by atoms with Crippen LogP contribution in [0, 0.1) is 0 Å². The van der Waals surface area contributed by atoms with Gasteiger partial charge in [0.05, 0.1) is 11.4 Å². The highest BCUT2D eigenvalue weighted by atomic mass is 32.2. The lowest BCUT2D eigenvalue weighted by molar-refractivity contribution is -0.138. The van der Waals surface area contributed by atoms with Crippen LogP contribution >= 0.6 is 0 Å². The highest BCUT2D eigenvalue weighted by Gasteiger charge is 2.62. The Morgan fingerprint density at radius 2 is 2.08 bits per heavy atom. The molecule has 2 aliphatic rings. The van der Waals surface area contributed by atoms with Crippen LogP contribution in [-0.4, -0.2) is 31.7 Å². The van der Waals surface area contributed by atoms with Crippen LogP contribution in [0.5, 0.6) is 0 Å². The zero-order valence-corrected chi connectivity index (χ0v) is 15.6. The van der Waals surface area contributed by atoms with E-state index in [1.165, 1.54) is 6.08 Å². The van der Waals surface area contributed by atoms with Crippen LogP contribution in [0.1, 0.15) is 39.7 Å². The topological polar surface area (TPSA) is 75.7 Å². The Kier molecular flexibility index (Phi) is 4.23. The van der Waals surface area contributed by atoms with Crippen LogP contribution in [0.2, 0.25) is 0 Å². The Hall–Kier alpha value is -2.15. The summed E-state index contributed by atoms with van der Waals surface area (Å²) in [7, 11) is -1.51. The minimum absolute atomic E-state index is 0.215. The SMILES string of the molecule is CCOC(=O)/C=C1\C[C@]2(C(=O)Nc3ccccc32)N1S(=O)C(C)(C)C. The van der Waals surface area contributed by atoms with E-state index >= 15 is 0 Å². The van der Waals surface area contributed by atoms with E-state index in [0.29, 0.717) is 12.1 Å². The summed E-state index contributed by atoms with van der Waals surface area (Å²) in [6, 6.07) is 7.39. The molecule has 25 heavy (non-hydrogen) atoms. The lowest BCUT2D eigenvalue weighted by Gasteiger charge is -2.52. The first-order chi connectivity index (χ1) is 11.7. The maximum Gasteiger partial charge on any atom is 0.332 e. The van der Waals surface area contributed by atoms with E-state index in [4.69, 9.17) is 4.74 Å². The van der Waals surface area contributed by atoms with Gasteiger partial charge >= 0.3 is 5.97 Å². The van der Waals surface area contributed by atoms with Gasteiger partial charge in [0, 0.05) is 29.4 Å². The highest BCUT2D eigenvalue weighted by molar-refractivity contribution is 7.84. The van der Waals surface area contributed by atoms with Crippen molar-refractivity contribution in [2.45, 2.75) is 44.4 Å². The van der Waals surface area contributed by atoms with Crippen molar-refractivity contribution in [1.29, 1.82) is 0 Å². The van der Waals surface area contributed by atoms with E-state index in [1.807, 2.05) is 45.0 Å². The molecule has 0 saturated carbocycles. The number of hydrogen-bond donors (Lipinski definition) is 1. The molecule has 0 bridgehead atoms. The van der Waals surface area contributed by atoms with Crippen LogP contribution in [0.25, 0.3) is 0 Å². The van der Waals surface area contributed by atoms with Gasteiger partial charge in [-0.25, -0.2) is 9.00 Å². The standard InChI is InChI=1S/C18H22N2O4S/c1-5-24-15(21)10-12-11-18(20(12)25(23)17(2,3)4)13-8-6-7-9-14(13)19-16(18)22/h6-10H,5,11H2,1-4H3,(H,19,22)/b12-10+/t18-,25?/m0/s1. The molecular weight excluding hydrogens is 340 g/mol. The fourth-order valence-corrected chi connectivity index (χ4v) is 4.60. The van der Waals surface area contributed by atoms with Crippen molar-refractivity contribution in [3.8, 4) is 0 Å². The summed E-state index contributed by atoms with van der Waals surface area (Å²) < 4.78 is 19.1. The quantitative estimate of drug-likeness (QED) is 0.662. The number of amides is 1. The summed E-state index contributed by atoms with van der Waals surface area (Å²) in [5.41, 5.74) is 1.03. The number of nitrogens with zero attached hydrogens (tertiary/aromatic N) is 1. The third kappa shape index (κ3) is 2.66. The average Bonchev–Trinajstić information content (AvgIpc) is 2.80. The molecule has 7 heteroatoms. The van der Waals surface area contributed by atoms with Crippen LogP contribution in [0.4, 0.5) is 5.69 Å². The number of carbonyl (C=O) groups excluding carboxylic acids is 2. The normalized spacial score (nSPS) is 24.7. The van der Waals surface area contributed by atoms with Gasteiger partial charge in [0.1, 0.15) is 11.0 Å². The molecule has 3 rings (SSSR count). The Bertz CT molecular complexity index is 797. The zero-order valence-electron chi connectivity index (χ0n) is 14.8. The number of carbonyl (C=O) groups is 2. The molecule has 1 fully saturated rings. The highest BCUT2D eigenvalue weighted by Crippen LogP contribution is 2.55. The number of fused-ring (bicyclic) bond motifs is 2. The second-order valence-corrected chi connectivity index (χ2v) is 9.17. The molecule has 1 unspecified atom stereocenters. The number of benzene rings is 1. The van der Waals surface area contributed by atoms with Gasteiger partial charge in [0.25, 0.3) is 5.91 Å². The molecule has 1 N–H and O–H groups in total. The fraction of sp³-hybridized carbons (Fsp3) is 0.444. The third-order valence-corrected chi connectivity index (χ3v) is 6.23. The van der Waals surface area contributed by atoms with Crippen molar-refractivity contribution in [3.05, 3.63) is 41.6 Å². The van der Waals surface area contributed by atoms with Gasteiger partial charge < -0.3 is 10.1 Å². The molecule has 1 aromatic carbocycles. The Morgan fingerprint density at radius 3 is 2.72 bits per heavy atom. The molecule has 134 valence electrons. The smallest absolute Gasteiger partial charge is 0.332 e. The number of anilines is 1. The van der Waals surface area contributed by atoms with Crippen LogP contribution in [0.15, 0.2) is 36.0 Å². The summed E-state index contributed by atoms with van der Waals surface area (Å²) in [6.45, 7) is 7.52. The first-order valence-electron chi connectivity index (χ1n) is 8.22. The largest absolute Gasteiger partial charge is 0.463 e. The third-order valence-electron chi connectivity index (χ3n) is 4.30. The molecule has 6 nitrogen and oxygen atoms in total. The summed E-state index contributed by atoms with van der Waals surface area (Å²) >= 11 is 0. The van der Waals surface area contributed by atoms with Crippen LogP contribution in [0.3, 0.4) is 0 Å². The molecule has 0 radical (unpaired) electrons. The van der Waals surface area contributed by atoms with Gasteiger partial charge in [-0.3, -0.25) is 9.10 Å². The molecule has 0 aromatic heterocycles. The second-order valence-electron chi connectivity index (χ2n) is 7.08. The van der Waals surface area contributed by atoms with E-state index in [-0.39, 0.29) is 12.5 Å². The molecule has 2 heterocycles. The number of para-hydroxylation sites is 1. The van der Waals surface area contributed by atoms with Gasteiger partial charge in [0.2, 0.25) is 0 Å². The van der Waals surface area contributed by atoms with Gasteiger partial charge in [0.15, 0.2) is 5.54 Å². The van der Waals surface area contributed by atoms with Crippen LogP contribution < -0.4 is 5.32 Å². The van der Waals surface area contributed by atoms with Crippen molar-refractivity contribution < 1.29 is 18.5 Å². The lowest BCUT2D eigenvalue weighted by atomic mass is 9.79. The molecule has 1 spiro atoms. The molecular formula is C18H22N2O4S. The first kappa shape index (κ1) is 17.7. The Balaban J connectivity index is 2.08. The minimum atomic E-state index is -1.51. The zero-order chi connectivity index (χ0) is 18.4. The van der Waals surface area contributed by atoms with Gasteiger partial charge in [-0.1, -0.05) is 18.2 Å². The van der Waals surface area contributed by atoms with Gasteiger partial charge in [-0.05, 0) is 33.8 Å². The summed E-state index contributed by atoms with van der Waals surface area (Å²) in [5.74, 6) is -0.706. The van der Waals surface area contributed by atoms with Crippen molar-refractivity contribution in [1.82, 2.24) is 4.31 Å². The molecule has 1 aromatic rings. The van der Waals surface area contributed by atoms with E-state index in [1.54, 1.807) is 11.2 Å². The summed E-state index contributed by atoms with van der Waals surface area (Å²) in [4.78, 5) is 24.7. The van der Waals surface area contributed by atoms with Crippen molar-refractivity contribution in [2.75, 3.05) is 11.9 Å². The molecule has 1 saturated heterocycles. The number of rotatable bonds is 3. The van der Waals surface area contributed by atoms with E-state index in [9.17, 15) is 13.8 Å². The van der Waals surface area contributed by atoms with Crippen LogP contribution in [-0.2, 0) is 30.9 Å². The van der Waals surface area contributed by atoms with E-state index < -0.39 is 27.2 Å².